The molecule has 132 valence electrons. The average molecular weight is 363 g/mol. The van der Waals surface area contributed by atoms with E-state index < -0.39 is 0 Å². The van der Waals surface area contributed by atoms with Gasteiger partial charge in [0, 0.05) is 16.8 Å². The molecule has 0 bridgehead atoms. The molecule has 2 aromatic carbocycles. The number of hydrogen-bond acceptors (Lipinski definition) is 3. The summed E-state index contributed by atoms with van der Waals surface area (Å²) in [5.74, 6) is 0.740. The van der Waals surface area contributed by atoms with Gasteiger partial charge < -0.3 is 10.1 Å². The van der Waals surface area contributed by atoms with E-state index in [9.17, 15) is 4.79 Å². The first-order chi connectivity index (χ1) is 12.7. The SMILES string of the molecule is C/C=C/c1ccccc1OCc1csc(C(=O)Nc2cccc(C)c2)c1. The zero-order chi connectivity index (χ0) is 18.4. The molecule has 0 saturated carbocycles. The Hall–Kier alpha value is -2.85. The van der Waals surface area contributed by atoms with Gasteiger partial charge in [0.25, 0.3) is 5.91 Å². The molecule has 0 atom stereocenters. The fourth-order valence-corrected chi connectivity index (χ4v) is 3.37. The summed E-state index contributed by atoms with van der Waals surface area (Å²) in [4.78, 5) is 13.1. The van der Waals surface area contributed by atoms with Crippen LogP contribution in [0.2, 0.25) is 0 Å². The van der Waals surface area contributed by atoms with Crippen LogP contribution in [0.4, 0.5) is 5.69 Å². The van der Waals surface area contributed by atoms with E-state index in [-0.39, 0.29) is 5.91 Å². The van der Waals surface area contributed by atoms with Crippen LogP contribution in [0, 0.1) is 6.92 Å². The second-order valence-corrected chi connectivity index (χ2v) is 6.88. The van der Waals surface area contributed by atoms with Crippen LogP contribution in [0.15, 0.2) is 66.1 Å². The van der Waals surface area contributed by atoms with Crippen LogP contribution in [-0.2, 0) is 6.61 Å². The third kappa shape index (κ3) is 4.61. The summed E-state index contributed by atoms with van der Waals surface area (Å²) >= 11 is 1.42. The number of amides is 1. The van der Waals surface area contributed by atoms with Crippen molar-refractivity contribution >= 4 is 29.0 Å². The van der Waals surface area contributed by atoms with Gasteiger partial charge >= 0.3 is 0 Å². The Morgan fingerprint density at radius 2 is 2.00 bits per heavy atom. The minimum Gasteiger partial charge on any atom is -0.488 e. The lowest BCUT2D eigenvalue weighted by atomic mass is 10.2. The number of ether oxygens (including phenoxy) is 1. The van der Waals surface area contributed by atoms with E-state index in [4.69, 9.17) is 4.74 Å². The summed E-state index contributed by atoms with van der Waals surface area (Å²) in [7, 11) is 0. The monoisotopic (exact) mass is 363 g/mol. The molecule has 3 rings (SSSR count). The molecule has 3 aromatic rings. The number of hydrogen-bond donors (Lipinski definition) is 1. The highest BCUT2D eigenvalue weighted by Gasteiger charge is 2.10. The van der Waals surface area contributed by atoms with Crippen LogP contribution in [0.1, 0.15) is 33.3 Å². The third-order valence-electron chi connectivity index (χ3n) is 3.81. The molecular formula is C22H21NO2S. The zero-order valence-electron chi connectivity index (χ0n) is 14.9. The minimum absolute atomic E-state index is 0.0961. The van der Waals surface area contributed by atoms with Crippen molar-refractivity contribution in [1.82, 2.24) is 0 Å². The van der Waals surface area contributed by atoms with E-state index in [1.807, 2.05) is 86.0 Å². The number of thiophene rings is 1. The summed E-state index contributed by atoms with van der Waals surface area (Å²) in [6, 6.07) is 17.6. The van der Waals surface area contributed by atoms with E-state index >= 15 is 0 Å². The van der Waals surface area contributed by atoms with Gasteiger partial charge in [-0.05, 0) is 49.1 Å². The van der Waals surface area contributed by atoms with Gasteiger partial charge in [-0.2, -0.15) is 0 Å². The van der Waals surface area contributed by atoms with Crippen LogP contribution in [-0.4, -0.2) is 5.91 Å². The molecule has 0 fully saturated rings. The molecular weight excluding hydrogens is 342 g/mol. The highest BCUT2D eigenvalue weighted by molar-refractivity contribution is 7.12. The fraction of sp³-hybridized carbons (Fsp3) is 0.136. The van der Waals surface area contributed by atoms with E-state index in [1.165, 1.54) is 11.3 Å². The van der Waals surface area contributed by atoms with Crippen molar-refractivity contribution in [3.63, 3.8) is 0 Å². The molecule has 0 aliphatic heterocycles. The molecule has 1 amide bonds. The van der Waals surface area contributed by atoms with Gasteiger partial charge in [0.05, 0.1) is 4.88 Å². The summed E-state index contributed by atoms with van der Waals surface area (Å²) in [5, 5.41) is 4.90. The zero-order valence-corrected chi connectivity index (χ0v) is 15.7. The lowest BCUT2D eigenvalue weighted by Gasteiger charge is -2.08. The van der Waals surface area contributed by atoms with Gasteiger partial charge in [0.1, 0.15) is 12.4 Å². The van der Waals surface area contributed by atoms with Gasteiger partial charge in [0.2, 0.25) is 0 Å². The number of nitrogens with one attached hydrogen (secondary N) is 1. The Balaban J connectivity index is 1.64. The minimum atomic E-state index is -0.0961. The lowest BCUT2D eigenvalue weighted by Crippen LogP contribution is -2.10. The van der Waals surface area contributed by atoms with Crippen LogP contribution >= 0.6 is 11.3 Å². The predicted molar refractivity (Wildman–Crippen MR) is 109 cm³/mol. The van der Waals surface area contributed by atoms with Gasteiger partial charge in [-0.15, -0.1) is 11.3 Å². The van der Waals surface area contributed by atoms with Crippen molar-refractivity contribution in [3.8, 4) is 5.75 Å². The number of benzene rings is 2. The van der Waals surface area contributed by atoms with Crippen molar-refractivity contribution in [3.05, 3.63) is 87.6 Å². The van der Waals surface area contributed by atoms with Crippen molar-refractivity contribution in [1.29, 1.82) is 0 Å². The first-order valence-electron chi connectivity index (χ1n) is 8.45. The third-order valence-corrected chi connectivity index (χ3v) is 4.79. The fourth-order valence-electron chi connectivity index (χ4n) is 2.58. The van der Waals surface area contributed by atoms with Crippen LogP contribution in [0.25, 0.3) is 6.08 Å². The topological polar surface area (TPSA) is 38.3 Å². The summed E-state index contributed by atoms with van der Waals surface area (Å²) in [6.07, 6.45) is 4.00. The van der Waals surface area contributed by atoms with E-state index in [0.717, 1.165) is 28.1 Å². The van der Waals surface area contributed by atoms with E-state index in [1.54, 1.807) is 0 Å². The molecule has 4 heteroatoms. The van der Waals surface area contributed by atoms with Gasteiger partial charge in [-0.3, -0.25) is 4.79 Å². The molecule has 0 saturated heterocycles. The van der Waals surface area contributed by atoms with Crippen LogP contribution < -0.4 is 10.1 Å². The Morgan fingerprint density at radius 1 is 1.15 bits per heavy atom. The molecule has 0 aliphatic carbocycles. The quantitative estimate of drug-likeness (QED) is 0.590. The van der Waals surface area contributed by atoms with Crippen LogP contribution in [0.5, 0.6) is 5.75 Å². The average Bonchev–Trinajstić information content (AvgIpc) is 3.10. The smallest absolute Gasteiger partial charge is 0.265 e. The Morgan fingerprint density at radius 3 is 2.81 bits per heavy atom. The first-order valence-corrected chi connectivity index (χ1v) is 9.33. The lowest BCUT2D eigenvalue weighted by molar-refractivity contribution is 0.103. The van der Waals surface area contributed by atoms with Crippen LogP contribution in [0.3, 0.4) is 0 Å². The van der Waals surface area contributed by atoms with Gasteiger partial charge in [0.15, 0.2) is 0 Å². The molecule has 1 aromatic heterocycles. The second kappa shape index (κ2) is 8.50. The molecule has 1 heterocycles. The molecule has 26 heavy (non-hydrogen) atoms. The Bertz CT molecular complexity index is 927. The van der Waals surface area contributed by atoms with E-state index in [0.29, 0.717) is 11.5 Å². The number of anilines is 1. The van der Waals surface area contributed by atoms with Gasteiger partial charge in [-0.1, -0.05) is 42.5 Å². The highest BCUT2D eigenvalue weighted by Crippen LogP contribution is 2.23. The van der Waals surface area contributed by atoms with E-state index in [2.05, 4.69) is 5.32 Å². The number of carbonyl (C=O) groups is 1. The molecule has 3 nitrogen and oxygen atoms in total. The van der Waals surface area contributed by atoms with Crippen molar-refractivity contribution in [2.45, 2.75) is 20.5 Å². The number of aryl methyl sites for hydroxylation is 1. The van der Waals surface area contributed by atoms with Crippen molar-refractivity contribution in [2.24, 2.45) is 0 Å². The maximum atomic E-state index is 12.4. The standard InChI is InChI=1S/C22H21NO2S/c1-3-7-18-9-4-5-11-20(18)25-14-17-13-21(26-15-17)22(24)23-19-10-6-8-16(2)12-19/h3-13,15H,14H2,1-2H3,(H,23,24)/b7-3+. The summed E-state index contributed by atoms with van der Waals surface area (Å²) in [6.45, 7) is 4.42. The Kier molecular flexibility index (Phi) is 5.87. The molecule has 0 unspecified atom stereocenters. The molecule has 0 spiro atoms. The highest BCUT2D eigenvalue weighted by atomic mass is 32.1. The first kappa shape index (κ1) is 18.0. The van der Waals surface area contributed by atoms with Crippen molar-refractivity contribution < 1.29 is 9.53 Å². The largest absolute Gasteiger partial charge is 0.488 e. The molecule has 1 N–H and O–H groups in total. The van der Waals surface area contributed by atoms with Gasteiger partial charge in [-0.25, -0.2) is 0 Å². The maximum absolute atomic E-state index is 12.4. The summed E-state index contributed by atoms with van der Waals surface area (Å²) in [5.41, 5.74) is 3.95. The second-order valence-electron chi connectivity index (χ2n) is 5.97. The maximum Gasteiger partial charge on any atom is 0.265 e. The summed E-state index contributed by atoms with van der Waals surface area (Å²) < 4.78 is 5.93. The predicted octanol–water partition coefficient (Wildman–Crippen LogP) is 5.92. The number of allylic oxidation sites excluding steroid dienone is 1. The Labute approximate surface area is 158 Å². The molecule has 0 radical (unpaired) electrons. The number of carbonyl (C=O) groups excluding carboxylic acids is 1. The van der Waals surface area contributed by atoms with Crippen molar-refractivity contribution in [2.75, 3.05) is 5.32 Å². The normalized spacial score (nSPS) is 10.8. The number of para-hydroxylation sites is 1. The number of rotatable bonds is 6. The molecule has 0 aliphatic rings.